The normalized spacial score (nSPS) is 30.4. The molecule has 2 heterocycles. The molecule has 13 heteroatoms. The van der Waals surface area contributed by atoms with Gasteiger partial charge in [0.25, 0.3) is 5.56 Å². The zero-order valence-electron chi connectivity index (χ0n) is 17.1. The van der Waals surface area contributed by atoms with E-state index in [-0.39, 0.29) is 12.0 Å². The molecule has 2 rings (SSSR count). The topological polar surface area (TPSA) is 171 Å². The van der Waals surface area contributed by atoms with Crippen LogP contribution in [0, 0.1) is 0 Å². The fourth-order valence-corrected chi connectivity index (χ4v) is 4.27. The summed E-state index contributed by atoms with van der Waals surface area (Å²) >= 11 is 0. The molecule has 0 aliphatic carbocycles. The van der Waals surface area contributed by atoms with Crippen molar-refractivity contribution in [2.75, 3.05) is 0 Å². The summed E-state index contributed by atoms with van der Waals surface area (Å²) in [6.45, 7) is 3.79. The van der Waals surface area contributed by atoms with Crippen molar-refractivity contribution in [1.29, 1.82) is 0 Å². The molecule has 1 aliphatic heterocycles. The number of hydrogen-bond donors (Lipinski definition) is 5. The number of nitrogens with one attached hydrogen (secondary N) is 1. The molecule has 1 aromatic heterocycles. The van der Waals surface area contributed by atoms with Crippen molar-refractivity contribution < 1.29 is 38.4 Å². The molecule has 1 aromatic rings. The van der Waals surface area contributed by atoms with Crippen LogP contribution in [0.4, 0.5) is 4.39 Å². The molecule has 0 aromatic carbocycles. The molecular weight excluding hydrogens is 426 g/mol. The molecule has 2 unspecified atom stereocenters. The van der Waals surface area contributed by atoms with Gasteiger partial charge in [-0.1, -0.05) is 13.8 Å². The molecule has 0 amide bonds. The number of aromatic nitrogens is 2. The molecule has 1 fully saturated rings. The summed E-state index contributed by atoms with van der Waals surface area (Å²) in [5, 5.41) is 28.5. The average molecular weight is 454 g/mol. The van der Waals surface area contributed by atoms with Crippen molar-refractivity contribution in [1.82, 2.24) is 9.55 Å². The Bertz CT molecular complexity index is 933. The minimum Gasteiger partial charge on any atom is -0.388 e. The number of aliphatic hydroxyl groups excluding tert-OH is 2. The first-order valence-corrected chi connectivity index (χ1v) is 11.0. The van der Waals surface area contributed by atoms with E-state index in [1.54, 1.807) is 0 Å². The van der Waals surface area contributed by atoms with Crippen molar-refractivity contribution in [2.24, 2.45) is 7.05 Å². The minimum atomic E-state index is -4.83. The third-order valence-corrected chi connectivity index (χ3v) is 7.58. The third-order valence-electron chi connectivity index (χ3n) is 5.48. The maximum Gasteiger partial charge on any atom is 0.361 e. The van der Waals surface area contributed by atoms with E-state index in [9.17, 15) is 34.4 Å². The highest BCUT2D eigenvalue weighted by atomic mass is 31.2. The van der Waals surface area contributed by atoms with E-state index in [1.165, 1.54) is 20.9 Å². The Morgan fingerprint density at radius 2 is 1.90 bits per heavy atom. The van der Waals surface area contributed by atoms with Gasteiger partial charge in [-0.25, -0.2) is 9.18 Å². The Morgan fingerprint density at radius 3 is 2.43 bits per heavy atom. The summed E-state index contributed by atoms with van der Waals surface area (Å²) in [5.74, 6) is -2.78. The highest BCUT2D eigenvalue weighted by molar-refractivity contribution is 7.54. The first-order valence-electron chi connectivity index (χ1n) is 9.45. The summed E-state index contributed by atoms with van der Waals surface area (Å²) in [7, 11) is -3.63. The zero-order chi connectivity index (χ0) is 23.1. The second-order valence-corrected chi connectivity index (χ2v) is 9.80. The molecular formula is C17H28FN2O9P. The van der Waals surface area contributed by atoms with E-state index in [0.29, 0.717) is 0 Å². The maximum atomic E-state index is 15.3. The van der Waals surface area contributed by atoms with Gasteiger partial charge in [-0.3, -0.25) is 18.5 Å². The van der Waals surface area contributed by atoms with Gasteiger partial charge in [0, 0.05) is 26.1 Å². The van der Waals surface area contributed by atoms with E-state index in [0.717, 1.165) is 17.7 Å². The Morgan fingerprint density at radius 1 is 1.30 bits per heavy atom. The van der Waals surface area contributed by atoms with E-state index in [2.05, 4.69) is 4.98 Å². The standard InChI is InChI=1S/C17H28FN2O9P/c1-5-16(3,25)30(26,27)29-17(18,6-2)7-10-11(21)12(22)13(28-10)9-8-19-15(24)20(4)14(9)23/h8,10-13,21-22,25H,5-7H2,1-4H3,(H,19,24)(H,26,27)/t10-,11-,12-,13+,16?,17-/m1/s1. The van der Waals surface area contributed by atoms with Crippen molar-refractivity contribution in [2.45, 2.75) is 75.6 Å². The lowest BCUT2D eigenvalue weighted by molar-refractivity contribution is -0.128. The van der Waals surface area contributed by atoms with Crippen LogP contribution in [0.3, 0.4) is 0 Å². The van der Waals surface area contributed by atoms with Crippen LogP contribution >= 0.6 is 7.60 Å². The second-order valence-electron chi connectivity index (χ2n) is 7.61. The summed E-state index contributed by atoms with van der Waals surface area (Å²) in [6.07, 6.45) is -6.39. The average Bonchev–Trinajstić information content (AvgIpc) is 2.93. The summed E-state index contributed by atoms with van der Waals surface area (Å²) in [4.78, 5) is 36.1. The number of alkyl halides is 1. The number of H-pyrrole nitrogens is 1. The molecule has 0 radical (unpaired) electrons. The molecule has 7 atom stereocenters. The first-order chi connectivity index (χ1) is 13.7. The quantitative estimate of drug-likeness (QED) is 0.340. The van der Waals surface area contributed by atoms with E-state index in [4.69, 9.17) is 9.26 Å². The molecule has 0 saturated carbocycles. The van der Waals surface area contributed by atoms with E-state index in [1.807, 2.05) is 0 Å². The van der Waals surface area contributed by atoms with Crippen molar-refractivity contribution in [3.63, 3.8) is 0 Å². The zero-order valence-corrected chi connectivity index (χ0v) is 18.0. The summed E-state index contributed by atoms with van der Waals surface area (Å²) < 4.78 is 38.7. The fraction of sp³-hybridized carbons (Fsp3) is 0.765. The van der Waals surface area contributed by atoms with Gasteiger partial charge in [0.05, 0.1) is 11.7 Å². The van der Waals surface area contributed by atoms with Crippen LogP contribution in [0.5, 0.6) is 0 Å². The highest BCUT2D eigenvalue weighted by Crippen LogP contribution is 2.59. The van der Waals surface area contributed by atoms with Gasteiger partial charge in [0.1, 0.15) is 18.3 Å². The second kappa shape index (κ2) is 8.62. The molecule has 1 aliphatic rings. The van der Waals surface area contributed by atoms with Crippen LogP contribution in [-0.4, -0.2) is 59.3 Å². The van der Waals surface area contributed by atoms with Crippen molar-refractivity contribution in [3.8, 4) is 0 Å². The monoisotopic (exact) mass is 454 g/mol. The lowest BCUT2D eigenvalue weighted by Gasteiger charge is -2.34. The number of halogens is 1. The van der Waals surface area contributed by atoms with E-state index >= 15 is 4.39 Å². The van der Waals surface area contributed by atoms with Gasteiger partial charge in [0.15, 0.2) is 5.34 Å². The fourth-order valence-electron chi connectivity index (χ4n) is 3.03. The van der Waals surface area contributed by atoms with E-state index < -0.39 is 67.3 Å². The lowest BCUT2D eigenvalue weighted by atomic mass is 9.99. The number of ether oxygens (including phenoxy) is 1. The van der Waals surface area contributed by atoms with Crippen LogP contribution in [0.25, 0.3) is 0 Å². The number of aliphatic hydroxyl groups is 3. The number of hydrogen-bond acceptors (Lipinski definition) is 8. The molecule has 0 bridgehead atoms. The van der Waals surface area contributed by atoms with Gasteiger partial charge in [-0.15, -0.1) is 0 Å². The van der Waals surface area contributed by atoms with Crippen LogP contribution in [-0.2, 0) is 20.9 Å². The van der Waals surface area contributed by atoms with Gasteiger partial charge in [0.2, 0.25) is 5.85 Å². The highest BCUT2D eigenvalue weighted by Gasteiger charge is 2.52. The number of nitrogens with zero attached hydrogens (tertiary/aromatic N) is 1. The van der Waals surface area contributed by atoms with Gasteiger partial charge in [-0.2, -0.15) is 0 Å². The molecule has 0 spiro atoms. The SMILES string of the molecule is CCC(C)(O)P(=O)(O)O[C@](F)(CC)C[C@H]1O[C@@H](c2c[nH]c(=O)n(C)c2=O)[C@H](O)[C@@H]1O. The van der Waals surface area contributed by atoms with Crippen LogP contribution < -0.4 is 11.2 Å². The number of aromatic amines is 1. The maximum absolute atomic E-state index is 15.3. The minimum absolute atomic E-state index is 0.158. The molecule has 11 nitrogen and oxygen atoms in total. The van der Waals surface area contributed by atoms with Gasteiger partial charge < -0.3 is 29.9 Å². The summed E-state index contributed by atoms with van der Waals surface area (Å²) in [5.41, 5.74) is -1.63. The van der Waals surface area contributed by atoms with Gasteiger partial charge in [-0.05, 0) is 13.3 Å². The number of rotatable bonds is 8. The van der Waals surface area contributed by atoms with Crippen molar-refractivity contribution in [3.05, 3.63) is 32.6 Å². The largest absolute Gasteiger partial charge is 0.388 e. The summed E-state index contributed by atoms with van der Waals surface area (Å²) in [6, 6.07) is 0. The lowest BCUT2D eigenvalue weighted by Crippen LogP contribution is -2.39. The van der Waals surface area contributed by atoms with Crippen LogP contribution in [0.1, 0.15) is 51.7 Å². The van der Waals surface area contributed by atoms with Gasteiger partial charge >= 0.3 is 13.3 Å². The van der Waals surface area contributed by atoms with Crippen LogP contribution in [0.15, 0.2) is 15.8 Å². The van der Waals surface area contributed by atoms with Crippen molar-refractivity contribution >= 4 is 7.60 Å². The molecule has 30 heavy (non-hydrogen) atoms. The predicted molar refractivity (Wildman–Crippen MR) is 103 cm³/mol. The molecule has 172 valence electrons. The molecule has 5 N–H and O–H groups in total. The Hall–Kier alpha value is -1.40. The first kappa shape index (κ1) is 24.9. The molecule has 1 saturated heterocycles. The van der Waals surface area contributed by atoms with Crippen LogP contribution in [0.2, 0.25) is 0 Å². The third kappa shape index (κ3) is 4.59. The Balaban J connectivity index is 2.28. The Kier molecular flexibility index (Phi) is 7.14. The smallest absolute Gasteiger partial charge is 0.361 e. The predicted octanol–water partition coefficient (Wildman–Crippen LogP) is 0.0217. The Labute approximate surface area is 171 Å².